The van der Waals surface area contributed by atoms with Crippen molar-refractivity contribution >= 4 is 10.9 Å². The Balaban J connectivity index is 1.59. The van der Waals surface area contributed by atoms with Crippen molar-refractivity contribution < 1.29 is 27.0 Å². The van der Waals surface area contributed by atoms with Crippen molar-refractivity contribution in [3.05, 3.63) is 70.9 Å². The molecular formula is C23H16F4N4O2. The van der Waals surface area contributed by atoms with E-state index in [4.69, 9.17) is 9.47 Å². The molecule has 0 unspecified atom stereocenters. The Hall–Kier alpha value is -3.84. The van der Waals surface area contributed by atoms with Crippen molar-refractivity contribution in [2.75, 3.05) is 13.7 Å². The second-order valence-electron chi connectivity index (χ2n) is 7.57. The minimum Gasteiger partial charge on any atom is -0.495 e. The lowest BCUT2D eigenvalue weighted by molar-refractivity contribution is -0.137. The van der Waals surface area contributed by atoms with Crippen LogP contribution in [0.4, 0.5) is 17.6 Å². The Morgan fingerprint density at radius 1 is 1.24 bits per heavy atom. The number of H-pyrrole nitrogens is 1. The highest BCUT2D eigenvalue weighted by molar-refractivity contribution is 5.92. The van der Waals surface area contributed by atoms with Crippen molar-refractivity contribution in [2.45, 2.75) is 18.8 Å². The van der Waals surface area contributed by atoms with Gasteiger partial charge in [-0.3, -0.25) is 0 Å². The van der Waals surface area contributed by atoms with Gasteiger partial charge in [0, 0.05) is 29.2 Å². The van der Waals surface area contributed by atoms with Crippen LogP contribution in [0.5, 0.6) is 5.75 Å². The van der Waals surface area contributed by atoms with Crippen LogP contribution >= 0.6 is 0 Å². The Morgan fingerprint density at radius 2 is 2.06 bits per heavy atom. The number of nitrogens with zero attached hydrogens (tertiary/aromatic N) is 3. The Morgan fingerprint density at radius 3 is 2.79 bits per heavy atom. The summed E-state index contributed by atoms with van der Waals surface area (Å²) in [7, 11) is 1.48. The normalized spacial score (nSPS) is 15.9. The Labute approximate surface area is 185 Å². The maximum atomic E-state index is 14.5. The van der Waals surface area contributed by atoms with E-state index in [0.29, 0.717) is 46.5 Å². The number of nitrogens with one attached hydrogen (secondary N) is 1. The van der Waals surface area contributed by atoms with Gasteiger partial charge in [0.05, 0.1) is 30.5 Å². The molecule has 2 aromatic heterocycles. The first-order valence-electron chi connectivity index (χ1n) is 9.95. The molecule has 10 heteroatoms. The Bertz CT molecular complexity index is 1410. The predicted octanol–water partition coefficient (Wildman–Crippen LogP) is 5.19. The minimum absolute atomic E-state index is 0.190. The van der Waals surface area contributed by atoms with Gasteiger partial charge in [0.25, 0.3) is 0 Å². The molecule has 0 spiro atoms. The topological polar surface area (TPSA) is 75.9 Å². The summed E-state index contributed by atoms with van der Waals surface area (Å²) >= 11 is 0. The van der Waals surface area contributed by atoms with Crippen LogP contribution in [0.15, 0.2) is 42.6 Å². The molecule has 5 rings (SSSR count). The number of nitriles is 1. The lowest BCUT2D eigenvalue weighted by Crippen LogP contribution is -2.23. The van der Waals surface area contributed by atoms with Crippen LogP contribution in [-0.2, 0) is 17.5 Å². The predicted molar refractivity (Wildman–Crippen MR) is 110 cm³/mol. The minimum atomic E-state index is -4.61. The zero-order chi connectivity index (χ0) is 23.3. The number of benzene rings is 2. The van der Waals surface area contributed by atoms with E-state index in [0.717, 1.165) is 17.6 Å². The summed E-state index contributed by atoms with van der Waals surface area (Å²) in [6.07, 6.45) is -3.96. The van der Waals surface area contributed by atoms with E-state index in [1.807, 2.05) is 0 Å². The summed E-state index contributed by atoms with van der Waals surface area (Å²) in [4.78, 5) is 7.77. The number of methoxy groups -OCH3 is 1. The number of alkyl halides is 3. The van der Waals surface area contributed by atoms with E-state index in [2.05, 4.69) is 16.0 Å². The number of imidazole rings is 1. The Kier molecular flexibility index (Phi) is 4.87. The largest absolute Gasteiger partial charge is 0.495 e. The van der Waals surface area contributed by atoms with Gasteiger partial charge in [0.2, 0.25) is 0 Å². The molecule has 6 nitrogen and oxygen atoms in total. The van der Waals surface area contributed by atoms with Gasteiger partial charge in [0.15, 0.2) is 0 Å². The summed E-state index contributed by atoms with van der Waals surface area (Å²) in [6, 6.07) is 9.51. The first-order chi connectivity index (χ1) is 15.8. The molecule has 3 heterocycles. The molecule has 0 saturated heterocycles. The van der Waals surface area contributed by atoms with E-state index in [1.54, 1.807) is 29.0 Å². The molecular weight excluding hydrogens is 440 g/mol. The quantitative estimate of drug-likeness (QED) is 0.431. The summed E-state index contributed by atoms with van der Waals surface area (Å²) in [5, 5.41) is 9.99. The van der Waals surface area contributed by atoms with Gasteiger partial charge in [-0.2, -0.15) is 18.4 Å². The van der Waals surface area contributed by atoms with Crippen molar-refractivity contribution in [3.8, 4) is 23.2 Å². The molecule has 0 fully saturated rings. The fourth-order valence-corrected chi connectivity index (χ4v) is 4.06. The van der Waals surface area contributed by atoms with Crippen LogP contribution < -0.4 is 4.74 Å². The summed E-state index contributed by atoms with van der Waals surface area (Å²) in [6.45, 7) is 0.608. The summed E-state index contributed by atoms with van der Waals surface area (Å²) < 4.78 is 66.9. The lowest BCUT2D eigenvalue weighted by Gasteiger charge is -2.25. The highest BCUT2D eigenvalue weighted by Gasteiger charge is 2.34. The molecule has 1 aliphatic heterocycles. The maximum Gasteiger partial charge on any atom is 0.416 e. The van der Waals surface area contributed by atoms with E-state index in [-0.39, 0.29) is 12.2 Å². The smallest absolute Gasteiger partial charge is 0.416 e. The molecule has 4 aromatic rings. The molecule has 0 amide bonds. The number of halogens is 4. The van der Waals surface area contributed by atoms with Crippen LogP contribution in [0.3, 0.4) is 0 Å². The molecule has 0 saturated carbocycles. The molecule has 0 bridgehead atoms. The average molecular weight is 456 g/mol. The van der Waals surface area contributed by atoms with E-state index in [9.17, 15) is 22.8 Å². The van der Waals surface area contributed by atoms with Crippen molar-refractivity contribution in [3.63, 3.8) is 0 Å². The second kappa shape index (κ2) is 7.64. The van der Waals surface area contributed by atoms with Gasteiger partial charge in [-0.05, 0) is 36.4 Å². The molecule has 2 aromatic carbocycles. The van der Waals surface area contributed by atoms with Crippen molar-refractivity contribution in [1.82, 2.24) is 14.5 Å². The highest BCUT2D eigenvalue weighted by Crippen LogP contribution is 2.38. The zero-order valence-electron chi connectivity index (χ0n) is 17.2. The fraction of sp³-hybridized carbons (Fsp3) is 0.217. The van der Waals surface area contributed by atoms with Gasteiger partial charge in [-0.25, -0.2) is 9.37 Å². The first-order valence-corrected chi connectivity index (χ1v) is 9.95. The number of rotatable bonds is 3. The maximum absolute atomic E-state index is 14.5. The molecule has 1 atom stereocenters. The van der Waals surface area contributed by atoms with Crippen LogP contribution in [0.1, 0.15) is 28.6 Å². The third-order valence-corrected chi connectivity index (χ3v) is 5.62. The zero-order valence-corrected chi connectivity index (χ0v) is 17.2. The van der Waals surface area contributed by atoms with Crippen LogP contribution in [0.2, 0.25) is 0 Å². The lowest BCUT2D eigenvalue weighted by atomic mass is 10.0. The molecule has 0 aliphatic carbocycles. The molecule has 1 N–H and O–H groups in total. The number of fused-ring (bicyclic) bond motifs is 2. The second-order valence-corrected chi connectivity index (χ2v) is 7.57. The summed E-state index contributed by atoms with van der Waals surface area (Å²) in [5.41, 5.74) is 1.05. The van der Waals surface area contributed by atoms with Crippen molar-refractivity contribution in [2.24, 2.45) is 0 Å². The average Bonchev–Trinajstić information content (AvgIpc) is 3.42. The number of ether oxygens (including phenoxy) is 2. The molecule has 33 heavy (non-hydrogen) atoms. The standard InChI is InChI=1S/C23H16F4N4O2/c1-32-20-12(10-28)2-5-17-15(20)9-18(29-17)19-11-31-6-7-33-21(22(31)30-19)14-8-13(23(25,26)27)3-4-16(14)24/h2-5,8-9,11,21,29H,6-7H2,1H3/t21-/m0/s1. The molecule has 0 radical (unpaired) electrons. The number of hydrogen-bond donors (Lipinski definition) is 1. The SMILES string of the molecule is COc1c(C#N)ccc2[nH]c(-c3cn4c(n3)[C@H](c3cc(C(F)(F)F)ccc3F)OCC4)cc12. The van der Waals surface area contributed by atoms with Crippen molar-refractivity contribution in [1.29, 1.82) is 5.26 Å². The third kappa shape index (κ3) is 3.50. The number of hydrogen-bond acceptors (Lipinski definition) is 4. The third-order valence-electron chi connectivity index (χ3n) is 5.62. The number of aromatic amines is 1. The summed E-state index contributed by atoms with van der Waals surface area (Å²) in [5.74, 6) is -0.0723. The van der Waals surface area contributed by atoms with Crippen LogP contribution in [0.25, 0.3) is 22.3 Å². The van der Waals surface area contributed by atoms with Gasteiger partial charge in [-0.15, -0.1) is 0 Å². The fourth-order valence-electron chi connectivity index (χ4n) is 4.06. The molecule has 1 aliphatic rings. The van der Waals surface area contributed by atoms with E-state index >= 15 is 0 Å². The van der Waals surface area contributed by atoms with E-state index in [1.165, 1.54) is 7.11 Å². The van der Waals surface area contributed by atoms with Crippen LogP contribution in [0, 0.1) is 17.1 Å². The monoisotopic (exact) mass is 456 g/mol. The van der Waals surface area contributed by atoms with Gasteiger partial charge < -0.3 is 19.0 Å². The van der Waals surface area contributed by atoms with Crippen LogP contribution in [-0.4, -0.2) is 28.3 Å². The molecule has 168 valence electrons. The van der Waals surface area contributed by atoms with Gasteiger partial charge >= 0.3 is 6.18 Å². The number of aromatic nitrogens is 3. The van der Waals surface area contributed by atoms with E-state index < -0.39 is 23.7 Å². The first kappa shape index (κ1) is 21.0. The van der Waals surface area contributed by atoms with Gasteiger partial charge in [0.1, 0.15) is 35.3 Å². The highest BCUT2D eigenvalue weighted by atomic mass is 19.4. The van der Waals surface area contributed by atoms with Gasteiger partial charge in [-0.1, -0.05) is 0 Å².